The van der Waals surface area contributed by atoms with E-state index in [4.69, 9.17) is 0 Å². The molecule has 66 heavy (non-hydrogen) atoms. The van der Waals surface area contributed by atoms with Crippen molar-refractivity contribution in [3.05, 3.63) is 255 Å². The predicted octanol–water partition coefficient (Wildman–Crippen LogP) is 17.9. The Balaban J connectivity index is 0.888. The van der Waals surface area contributed by atoms with E-state index in [9.17, 15) is 0 Å². The van der Waals surface area contributed by atoms with Crippen LogP contribution in [0.15, 0.2) is 255 Å². The second-order valence-electron chi connectivity index (χ2n) is 17.3. The summed E-state index contributed by atoms with van der Waals surface area (Å²) in [5.41, 5.74) is 14.1. The molecule has 1 heterocycles. The van der Waals surface area contributed by atoms with Gasteiger partial charge in [-0.1, -0.05) is 182 Å². The topological polar surface area (TPSA) is 8.17 Å². The molecule has 0 amide bonds. The van der Waals surface area contributed by atoms with Gasteiger partial charge in [0.1, 0.15) is 0 Å². The fourth-order valence-electron chi connectivity index (χ4n) is 10.4. The molecule has 13 rings (SSSR count). The summed E-state index contributed by atoms with van der Waals surface area (Å²) in [7, 11) is 0. The highest BCUT2D eigenvalue weighted by Crippen LogP contribution is 2.42. The van der Waals surface area contributed by atoms with Crippen LogP contribution in [0.2, 0.25) is 0 Å². The van der Waals surface area contributed by atoms with E-state index in [1.807, 2.05) is 0 Å². The molecule has 0 unspecified atom stereocenters. The van der Waals surface area contributed by atoms with Crippen LogP contribution in [0, 0.1) is 0 Å². The number of nitrogens with zero attached hydrogens (tertiary/aromatic N) is 2. The van der Waals surface area contributed by atoms with Crippen molar-refractivity contribution in [2.75, 3.05) is 4.90 Å². The highest BCUT2D eigenvalue weighted by molar-refractivity contribution is 6.15. The summed E-state index contributed by atoms with van der Waals surface area (Å²) in [5.74, 6) is 0. The molecule has 0 saturated heterocycles. The summed E-state index contributed by atoms with van der Waals surface area (Å²) in [6.07, 6.45) is 0. The molecule has 13 aromatic rings. The maximum Gasteiger partial charge on any atom is 0.0541 e. The summed E-state index contributed by atoms with van der Waals surface area (Å²) < 4.78 is 2.37. The van der Waals surface area contributed by atoms with Crippen LogP contribution < -0.4 is 4.90 Å². The Kier molecular flexibility index (Phi) is 8.89. The van der Waals surface area contributed by atoms with Crippen LogP contribution in [-0.4, -0.2) is 4.57 Å². The molecule has 2 heteroatoms. The first-order valence-corrected chi connectivity index (χ1v) is 22.7. The minimum atomic E-state index is 1.09. The van der Waals surface area contributed by atoms with Gasteiger partial charge >= 0.3 is 0 Å². The molecule has 0 N–H and O–H groups in total. The lowest BCUT2D eigenvalue weighted by molar-refractivity contribution is 1.18. The van der Waals surface area contributed by atoms with Crippen molar-refractivity contribution in [3.8, 4) is 39.1 Å². The monoisotopic (exact) mass is 838 g/mol. The van der Waals surface area contributed by atoms with E-state index in [1.54, 1.807) is 0 Å². The Morgan fingerprint density at radius 3 is 0.985 bits per heavy atom. The largest absolute Gasteiger partial charge is 0.311 e. The average molecular weight is 839 g/mol. The first-order chi connectivity index (χ1) is 32.7. The van der Waals surface area contributed by atoms with Crippen molar-refractivity contribution in [2.45, 2.75) is 0 Å². The standard InChI is InChI=1S/C64H42N2/c1-3-15-53-47(13-1)41-61(57-19-7-5-17-55(53)57)45-29-37-50(38-30-45)65(51-39-31-46(32-40-51)62-42-48-14-2-4-16-54(48)56-18-6-8-20-58(56)62)49-33-25-43(26-34-49)44-27-35-52(36-28-44)66-63-23-11-9-21-59(63)60-22-10-12-24-64(60)66/h1-42H. The number of hydrogen-bond acceptors (Lipinski definition) is 1. The van der Waals surface area contributed by atoms with Gasteiger partial charge in [-0.3, -0.25) is 0 Å². The predicted molar refractivity (Wildman–Crippen MR) is 282 cm³/mol. The van der Waals surface area contributed by atoms with Gasteiger partial charge in [-0.2, -0.15) is 0 Å². The van der Waals surface area contributed by atoms with E-state index in [-0.39, 0.29) is 0 Å². The first kappa shape index (κ1) is 37.8. The van der Waals surface area contributed by atoms with Crippen LogP contribution in [0.4, 0.5) is 17.1 Å². The van der Waals surface area contributed by atoms with Crippen molar-refractivity contribution in [1.82, 2.24) is 4.57 Å². The molecule has 1 aromatic heterocycles. The van der Waals surface area contributed by atoms with Gasteiger partial charge in [-0.25, -0.2) is 0 Å². The fraction of sp³-hybridized carbons (Fsp3) is 0. The lowest BCUT2D eigenvalue weighted by Gasteiger charge is -2.26. The van der Waals surface area contributed by atoms with E-state index < -0.39 is 0 Å². The van der Waals surface area contributed by atoms with Crippen LogP contribution in [0.5, 0.6) is 0 Å². The average Bonchev–Trinajstić information content (AvgIpc) is 3.73. The third kappa shape index (κ3) is 6.26. The highest BCUT2D eigenvalue weighted by atomic mass is 15.1. The summed E-state index contributed by atoms with van der Waals surface area (Å²) in [6, 6.07) is 93.2. The Labute approximate surface area is 383 Å². The molecule has 0 spiro atoms. The third-order valence-corrected chi connectivity index (χ3v) is 13.6. The molecule has 0 fully saturated rings. The second-order valence-corrected chi connectivity index (χ2v) is 17.3. The Morgan fingerprint density at radius 2 is 0.561 bits per heavy atom. The van der Waals surface area contributed by atoms with Gasteiger partial charge in [0, 0.05) is 33.5 Å². The van der Waals surface area contributed by atoms with Crippen LogP contribution >= 0.6 is 0 Å². The summed E-state index contributed by atoms with van der Waals surface area (Å²) in [4.78, 5) is 2.37. The Hall–Kier alpha value is -8.72. The van der Waals surface area contributed by atoms with Gasteiger partial charge in [0.15, 0.2) is 0 Å². The molecular weight excluding hydrogens is 797 g/mol. The molecule has 12 aromatic carbocycles. The Morgan fingerprint density at radius 1 is 0.242 bits per heavy atom. The van der Waals surface area contributed by atoms with Crippen LogP contribution in [0.25, 0.3) is 104 Å². The zero-order valence-electron chi connectivity index (χ0n) is 36.1. The Bertz CT molecular complexity index is 3740. The van der Waals surface area contributed by atoms with Gasteiger partial charge in [0.2, 0.25) is 0 Å². The van der Waals surface area contributed by atoms with Crippen LogP contribution in [0.1, 0.15) is 0 Å². The summed E-state index contributed by atoms with van der Waals surface area (Å²) in [5, 5.41) is 12.7. The highest BCUT2D eigenvalue weighted by Gasteiger charge is 2.17. The quantitative estimate of drug-likeness (QED) is 0.145. The lowest BCUT2D eigenvalue weighted by Crippen LogP contribution is -2.09. The normalized spacial score (nSPS) is 11.6. The van der Waals surface area contributed by atoms with E-state index in [1.165, 1.54) is 98.3 Å². The van der Waals surface area contributed by atoms with E-state index >= 15 is 0 Å². The van der Waals surface area contributed by atoms with E-state index in [0.717, 1.165) is 22.7 Å². The zero-order valence-corrected chi connectivity index (χ0v) is 36.1. The van der Waals surface area contributed by atoms with E-state index in [2.05, 4.69) is 264 Å². The van der Waals surface area contributed by atoms with Crippen molar-refractivity contribution >= 4 is 82.0 Å². The second kappa shape index (κ2) is 15.5. The number of para-hydroxylation sites is 2. The summed E-state index contributed by atoms with van der Waals surface area (Å²) >= 11 is 0. The van der Waals surface area contributed by atoms with Gasteiger partial charge in [0.25, 0.3) is 0 Å². The molecule has 0 aliphatic rings. The smallest absolute Gasteiger partial charge is 0.0541 e. The molecule has 2 nitrogen and oxygen atoms in total. The minimum Gasteiger partial charge on any atom is -0.311 e. The fourth-order valence-corrected chi connectivity index (χ4v) is 10.4. The van der Waals surface area contributed by atoms with Crippen molar-refractivity contribution in [1.29, 1.82) is 0 Å². The molecule has 0 aliphatic carbocycles. The lowest BCUT2D eigenvalue weighted by atomic mass is 9.93. The van der Waals surface area contributed by atoms with Crippen LogP contribution in [0.3, 0.4) is 0 Å². The number of rotatable bonds is 7. The van der Waals surface area contributed by atoms with Gasteiger partial charge in [-0.05, 0) is 149 Å². The minimum absolute atomic E-state index is 1.09. The van der Waals surface area contributed by atoms with Crippen molar-refractivity contribution in [2.24, 2.45) is 0 Å². The number of hydrogen-bond donors (Lipinski definition) is 0. The molecule has 308 valence electrons. The van der Waals surface area contributed by atoms with Gasteiger partial charge < -0.3 is 9.47 Å². The molecule has 0 bridgehead atoms. The maximum absolute atomic E-state index is 2.37. The molecule has 0 atom stereocenters. The molecule has 0 aliphatic heterocycles. The molecule has 0 radical (unpaired) electrons. The number of anilines is 3. The SMILES string of the molecule is c1ccc2c(c1)cc(-c1ccc(N(c3ccc(-c4ccc(-n5c6ccccc6c6ccccc65)cc4)cc3)c3ccc(-c4cc5ccccc5c5ccccc45)cc3)cc1)c1ccccc12. The van der Waals surface area contributed by atoms with Gasteiger partial charge in [0.05, 0.1) is 11.0 Å². The number of aromatic nitrogens is 1. The van der Waals surface area contributed by atoms with Crippen molar-refractivity contribution < 1.29 is 0 Å². The summed E-state index contributed by atoms with van der Waals surface area (Å²) in [6.45, 7) is 0. The molecule has 0 saturated carbocycles. The number of benzene rings is 12. The molecular formula is C64H42N2. The number of fused-ring (bicyclic) bond motifs is 9. The van der Waals surface area contributed by atoms with Crippen molar-refractivity contribution in [3.63, 3.8) is 0 Å². The van der Waals surface area contributed by atoms with Gasteiger partial charge in [-0.15, -0.1) is 0 Å². The third-order valence-electron chi connectivity index (χ3n) is 13.6. The maximum atomic E-state index is 2.37. The zero-order chi connectivity index (χ0) is 43.6. The van der Waals surface area contributed by atoms with E-state index in [0.29, 0.717) is 0 Å². The van der Waals surface area contributed by atoms with Crippen LogP contribution in [-0.2, 0) is 0 Å². The first-order valence-electron chi connectivity index (χ1n) is 22.7.